The van der Waals surface area contributed by atoms with Crippen molar-refractivity contribution in [2.75, 3.05) is 5.01 Å². The van der Waals surface area contributed by atoms with Crippen molar-refractivity contribution in [3.63, 3.8) is 0 Å². The summed E-state index contributed by atoms with van der Waals surface area (Å²) < 4.78 is 0. The summed E-state index contributed by atoms with van der Waals surface area (Å²) in [6, 6.07) is 5.12. The molecule has 0 unspecified atom stereocenters. The van der Waals surface area contributed by atoms with Crippen LogP contribution in [0.25, 0.3) is 0 Å². The highest BCUT2D eigenvalue weighted by Gasteiger charge is 2.26. The third-order valence-electron chi connectivity index (χ3n) is 5.70. The van der Waals surface area contributed by atoms with Gasteiger partial charge in [0.05, 0.1) is 17.1 Å². The predicted octanol–water partition coefficient (Wildman–Crippen LogP) is 9.12. The molecule has 1 amide bonds. The van der Waals surface area contributed by atoms with E-state index in [1.807, 2.05) is 0 Å². The summed E-state index contributed by atoms with van der Waals surface area (Å²) in [5.41, 5.74) is 1.56. The number of carbonyl (C=O) groups is 1. The smallest absolute Gasteiger partial charge is 0.253 e. The summed E-state index contributed by atoms with van der Waals surface area (Å²) in [5.74, 6) is -0.0213. The normalized spacial score (nSPS) is 14.1. The highest BCUT2D eigenvalue weighted by atomic mass is 35.5. The van der Waals surface area contributed by atoms with Crippen molar-refractivity contribution < 1.29 is 4.79 Å². The number of halogens is 2. The van der Waals surface area contributed by atoms with Crippen LogP contribution in [0.3, 0.4) is 0 Å². The van der Waals surface area contributed by atoms with Crippen molar-refractivity contribution in [2.45, 2.75) is 103 Å². The predicted molar refractivity (Wildman–Crippen MR) is 135 cm³/mol. The maximum atomic E-state index is 12.3. The Labute approximate surface area is 198 Å². The minimum Gasteiger partial charge on any atom is -0.272 e. The molecule has 0 atom stereocenters. The molecule has 0 fully saturated rings. The standard InChI is InChI=1S/C26H38Cl2N2O/c1-2-3-4-5-6-7-8-9-10-11-12-13-14-15-16-17-23-21-26(31)30(29-23)25-19-18-22(27)20-24(25)28/h9-10,18-20H,2-8,11-17,21H2,1H3/b10-9-. The Kier molecular flexibility index (Phi) is 12.9. The molecule has 1 aliphatic rings. The molecule has 31 heavy (non-hydrogen) atoms. The van der Waals surface area contributed by atoms with E-state index in [-0.39, 0.29) is 5.91 Å². The van der Waals surface area contributed by atoms with Crippen LogP contribution in [0.4, 0.5) is 5.69 Å². The van der Waals surface area contributed by atoms with Crippen molar-refractivity contribution in [1.82, 2.24) is 0 Å². The van der Waals surface area contributed by atoms with E-state index in [0.29, 0.717) is 22.2 Å². The fraction of sp³-hybridized carbons (Fsp3) is 0.615. The van der Waals surface area contributed by atoms with Crippen molar-refractivity contribution in [3.8, 4) is 0 Å². The number of hydrogen-bond donors (Lipinski definition) is 0. The van der Waals surface area contributed by atoms with E-state index in [1.165, 1.54) is 82.1 Å². The summed E-state index contributed by atoms with van der Waals surface area (Å²) >= 11 is 12.2. The lowest BCUT2D eigenvalue weighted by Crippen LogP contribution is -2.19. The Morgan fingerprint density at radius 3 is 2.16 bits per heavy atom. The molecule has 1 aromatic carbocycles. The van der Waals surface area contributed by atoms with Gasteiger partial charge >= 0.3 is 0 Å². The van der Waals surface area contributed by atoms with Crippen LogP contribution in [0.2, 0.25) is 10.0 Å². The maximum absolute atomic E-state index is 12.3. The fourth-order valence-corrected chi connectivity index (χ4v) is 4.35. The van der Waals surface area contributed by atoms with Crippen molar-refractivity contribution in [1.29, 1.82) is 0 Å². The first-order chi connectivity index (χ1) is 15.1. The number of carbonyl (C=O) groups excluding carboxylic acids is 1. The molecule has 0 bridgehead atoms. The van der Waals surface area contributed by atoms with E-state index >= 15 is 0 Å². The van der Waals surface area contributed by atoms with E-state index in [4.69, 9.17) is 23.2 Å². The highest BCUT2D eigenvalue weighted by Crippen LogP contribution is 2.31. The van der Waals surface area contributed by atoms with Crippen LogP contribution in [0, 0.1) is 0 Å². The minimum absolute atomic E-state index is 0.0213. The lowest BCUT2D eigenvalue weighted by Gasteiger charge is -2.13. The zero-order chi connectivity index (χ0) is 22.3. The minimum atomic E-state index is -0.0213. The molecule has 0 aromatic heterocycles. The zero-order valence-corrected chi connectivity index (χ0v) is 20.6. The Morgan fingerprint density at radius 2 is 1.52 bits per heavy atom. The van der Waals surface area contributed by atoms with Gasteiger partial charge in [-0.15, -0.1) is 0 Å². The average Bonchev–Trinajstić information content (AvgIpc) is 3.11. The Hall–Kier alpha value is -1.32. The summed E-state index contributed by atoms with van der Waals surface area (Å²) in [6.45, 7) is 2.27. The van der Waals surface area contributed by atoms with Crippen molar-refractivity contribution >= 4 is 40.5 Å². The summed E-state index contributed by atoms with van der Waals surface area (Å²) in [6.07, 6.45) is 22.8. The van der Waals surface area contributed by atoms with Gasteiger partial charge in [-0.25, -0.2) is 0 Å². The van der Waals surface area contributed by atoms with Crippen molar-refractivity contribution in [2.24, 2.45) is 5.10 Å². The van der Waals surface area contributed by atoms with Gasteiger partial charge in [0.2, 0.25) is 0 Å². The largest absolute Gasteiger partial charge is 0.272 e. The van der Waals surface area contributed by atoms with Gasteiger partial charge in [0.1, 0.15) is 0 Å². The molecule has 0 saturated carbocycles. The molecule has 172 valence electrons. The zero-order valence-electron chi connectivity index (χ0n) is 19.1. The first-order valence-electron chi connectivity index (χ1n) is 12.1. The Morgan fingerprint density at radius 1 is 0.903 bits per heavy atom. The molecular weight excluding hydrogens is 427 g/mol. The van der Waals surface area contributed by atoms with Crippen LogP contribution in [-0.2, 0) is 4.79 Å². The van der Waals surface area contributed by atoms with Crippen LogP contribution in [-0.4, -0.2) is 11.6 Å². The molecule has 1 aliphatic heterocycles. The molecule has 0 spiro atoms. The van der Waals surface area contributed by atoms with Crippen LogP contribution < -0.4 is 5.01 Å². The van der Waals surface area contributed by atoms with Gasteiger partial charge in [-0.1, -0.05) is 93.6 Å². The molecule has 0 saturated heterocycles. The average molecular weight is 466 g/mol. The third-order valence-corrected chi connectivity index (χ3v) is 6.24. The van der Waals surface area contributed by atoms with Gasteiger partial charge in [-0.3, -0.25) is 4.79 Å². The lowest BCUT2D eigenvalue weighted by molar-refractivity contribution is -0.116. The third kappa shape index (κ3) is 10.2. The molecule has 0 aliphatic carbocycles. The van der Waals surface area contributed by atoms with E-state index in [2.05, 4.69) is 24.2 Å². The molecule has 2 rings (SSSR count). The first kappa shape index (κ1) is 25.9. The van der Waals surface area contributed by atoms with Gasteiger partial charge in [0, 0.05) is 10.7 Å². The lowest BCUT2D eigenvalue weighted by atomic mass is 10.1. The number of anilines is 1. The SMILES string of the molecule is CCCCCCCC/C=C\CCCCCCCC1=NN(c2ccc(Cl)cc2Cl)C(=O)C1. The number of unbranched alkanes of at least 4 members (excludes halogenated alkanes) is 11. The number of rotatable bonds is 16. The summed E-state index contributed by atoms with van der Waals surface area (Å²) in [5, 5.41) is 6.92. The van der Waals surface area contributed by atoms with Crippen molar-refractivity contribution in [3.05, 3.63) is 40.4 Å². The summed E-state index contributed by atoms with van der Waals surface area (Å²) in [7, 11) is 0. The van der Waals surface area contributed by atoms with Gasteiger partial charge in [-0.05, 0) is 56.7 Å². The van der Waals surface area contributed by atoms with Crippen LogP contribution in [0.1, 0.15) is 103 Å². The number of nitrogens with zero attached hydrogens (tertiary/aromatic N) is 2. The summed E-state index contributed by atoms with van der Waals surface area (Å²) in [4.78, 5) is 12.3. The van der Waals surface area contributed by atoms with E-state index in [0.717, 1.165) is 18.6 Å². The number of allylic oxidation sites excluding steroid dienone is 2. The van der Waals surface area contributed by atoms with Crippen LogP contribution >= 0.6 is 23.2 Å². The fourth-order valence-electron chi connectivity index (χ4n) is 3.86. The van der Waals surface area contributed by atoms with Gasteiger partial charge in [0.25, 0.3) is 5.91 Å². The topological polar surface area (TPSA) is 32.7 Å². The molecule has 3 nitrogen and oxygen atoms in total. The number of hydrazone groups is 1. The molecule has 1 heterocycles. The Balaban J connectivity index is 1.50. The van der Waals surface area contributed by atoms with Crippen LogP contribution in [0.15, 0.2) is 35.5 Å². The second-order valence-corrected chi connectivity index (χ2v) is 9.32. The number of hydrogen-bond acceptors (Lipinski definition) is 2. The number of benzene rings is 1. The quantitative estimate of drug-likeness (QED) is 0.177. The van der Waals surface area contributed by atoms with E-state index in [9.17, 15) is 4.79 Å². The van der Waals surface area contributed by atoms with Gasteiger partial charge in [0.15, 0.2) is 0 Å². The maximum Gasteiger partial charge on any atom is 0.253 e. The molecule has 0 radical (unpaired) electrons. The monoisotopic (exact) mass is 464 g/mol. The van der Waals surface area contributed by atoms with E-state index in [1.54, 1.807) is 18.2 Å². The first-order valence-corrected chi connectivity index (χ1v) is 12.9. The van der Waals surface area contributed by atoms with Gasteiger partial charge < -0.3 is 0 Å². The molecule has 5 heteroatoms. The highest BCUT2D eigenvalue weighted by molar-refractivity contribution is 6.37. The number of amides is 1. The second kappa shape index (κ2) is 15.5. The molecular formula is C26H38Cl2N2O. The van der Waals surface area contributed by atoms with Crippen LogP contribution in [0.5, 0.6) is 0 Å². The second-order valence-electron chi connectivity index (χ2n) is 8.48. The Bertz CT molecular complexity index is 730. The van der Waals surface area contributed by atoms with E-state index < -0.39 is 0 Å². The molecule has 1 aromatic rings. The van der Waals surface area contributed by atoms with Gasteiger partial charge in [-0.2, -0.15) is 10.1 Å². The molecule has 0 N–H and O–H groups in total.